The fourth-order valence-electron chi connectivity index (χ4n) is 6.43. The second-order valence-corrected chi connectivity index (χ2v) is 12.3. The highest BCUT2D eigenvalue weighted by Gasteiger charge is 2.35. The standard InChI is InChI=1S/C55H39NO/c1-55(2)51-20-12-11-18-45(51)46-31-25-40(33-52(46)55)48-35-50-49-34-43(30-32-53(49)57-54(50)47-19-10-9-17-44(47)48)56(41-26-21-38(22-27-41)36-13-5-3-6-14-36)42-28-23-39(24-29-42)37-15-7-4-8-16-37/h3-35H,1-2H3/i1D3,2D3,3D,4D,5D,6D,7D,8D,9D,10D,11D,12D,13D,14D,15D,16D,17D,18D,19D,20D,21D,22D,23D,24D,25D,26D,27D,28D,29D,30D,31D,32D,33D,34D,35D. The molecule has 0 N–H and O–H groups in total. The summed E-state index contributed by atoms with van der Waals surface area (Å²) < 4.78 is 361. The molecular weight excluding hydrogens is 691 g/mol. The van der Waals surface area contributed by atoms with E-state index in [1.165, 1.54) is 0 Å². The summed E-state index contributed by atoms with van der Waals surface area (Å²) >= 11 is 0. The molecule has 1 aliphatic rings. The minimum absolute atomic E-state index is 0.237. The average molecular weight is 769 g/mol. The van der Waals surface area contributed by atoms with E-state index in [4.69, 9.17) is 34.6 Å². The molecule has 0 saturated carbocycles. The zero-order chi connectivity index (χ0) is 71.8. The Morgan fingerprint density at radius 3 is 1.61 bits per heavy atom. The minimum atomic E-state index is -3.99. The smallest absolute Gasteiger partial charge is 0.143 e. The van der Waals surface area contributed by atoms with Crippen LogP contribution in [0.1, 0.15) is 78.3 Å². The third-order valence-corrected chi connectivity index (χ3v) is 9.01. The third kappa shape index (κ3) is 5.40. The summed E-state index contributed by atoms with van der Waals surface area (Å²) in [5.74, 6) is 0. The van der Waals surface area contributed by atoms with Crippen LogP contribution in [0, 0.1) is 0 Å². The molecule has 57 heavy (non-hydrogen) atoms. The number of furan rings is 1. The molecule has 0 spiro atoms. The van der Waals surface area contributed by atoms with Crippen LogP contribution in [0.3, 0.4) is 0 Å². The topological polar surface area (TPSA) is 16.4 Å². The van der Waals surface area contributed by atoms with Crippen molar-refractivity contribution < 1.29 is 57.9 Å². The summed E-state index contributed by atoms with van der Waals surface area (Å²) in [6.07, 6.45) is 0. The fourth-order valence-corrected chi connectivity index (χ4v) is 6.43. The predicted molar refractivity (Wildman–Crippen MR) is 240 cm³/mol. The van der Waals surface area contributed by atoms with E-state index in [0.29, 0.717) is 0 Å². The van der Waals surface area contributed by atoms with Crippen LogP contribution in [0.15, 0.2) is 204 Å². The third-order valence-electron chi connectivity index (χ3n) is 9.01. The molecule has 10 aromatic rings. The van der Waals surface area contributed by atoms with Crippen LogP contribution in [0.5, 0.6) is 0 Å². The first kappa shape index (κ1) is 12.2. The van der Waals surface area contributed by atoms with Gasteiger partial charge in [0.2, 0.25) is 0 Å². The Labute approximate surface area is 387 Å². The molecule has 1 heterocycles. The molecule has 0 amide bonds. The van der Waals surface area contributed by atoms with Crippen LogP contribution < -0.4 is 4.90 Å². The molecular formula is C55H39NO. The Hall–Kier alpha value is -7.16. The van der Waals surface area contributed by atoms with Gasteiger partial charge in [0, 0.05) is 46.9 Å². The number of hydrogen-bond donors (Lipinski definition) is 0. The van der Waals surface area contributed by atoms with E-state index in [9.17, 15) is 23.3 Å². The lowest BCUT2D eigenvalue weighted by atomic mass is 9.81. The zero-order valence-electron chi connectivity index (χ0n) is 67.4. The van der Waals surface area contributed by atoms with Crippen molar-refractivity contribution in [3.63, 3.8) is 0 Å². The molecule has 0 bridgehead atoms. The van der Waals surface area contributed by atoms with Crippen LogP contribution in [-0.2, 0) is 5.41 Å². The molecule has 0 unspecified atom stereocenters. The quantitative estimate of drug-likeness (QED) is 0.167. The Bertz CT molecular complexity index is 5050. The monoisotopic (exact) mass is 769 g/mol. The first-order chi connectivity index (χ1) is 44.3. The Morgan fingerprint density at radius 2 is 0.947 bits per heavy atom. The highest BCUT2D eigenvalue weighted by Crippen LogP contribution is 2.50. The molecule has 0 aliphatic heterocycles. The van der Waals surface area contributed by atoms with Gasteiger partial charge in [0.25, 0.3) is 0 Å². The van der Waals surface area contributed by atoms with E-state index < -0.39 is 324 Å². The largest absolute Gasteiger partial charge is 0.455 e. The summed E-state index contributed by atoms with van der Waals surface area (Å²) in [6, 6.07) is -38.7. The van der Waals surface area contributed by atoms with E-state index in [-0.39, 0.29) is 4.90 Å². The predicted octanol–water partition coefficient (Wildman–Crippen LogP) is 15.5. The molecule has 1 aliphatic carbocycles. The Morgan fingerprint density at radius 1 is 0.404 bits per heavy atom. The molecule has 1 aromatic heterocycles. The van der Waals surface area contributed by atoms with Crippen LogP contribution >= 0.6 is 0 Å². The van der Waals surface area contributed by atoms with E-state index in [1.807, 2.05) is 0 Å². The van der Waals surface area contributed by atoms with Gasteiger partial charge in [0.15, 0.2) is 0 Å². The zero-order valence-corrected chi connectivity index (χ0v) is 28.4. The molecule has 11 rings (SSSR count). The van der Waals surface area contributed by atoms with Gasteiger partial charge in [-0.1, -0.05) is 159 Å². The van der Waals surface area contributed by atoms with Crippen LogP contribution in [0.25, 0.3) is 77.2 Å². The number of hydrogen-bond acceptors (Lipinski definition) is 2. The van der Waals surface area contributed by atoms with E-state index in [2.05, 4.69) is 0 Å². The first-order valence-electron chi connectivity index (χ1n) is 36.1. The van der Waals surface area contributed by atoms with Gasteiger partial charge in [-0.3, -0.25) is 0 Å². The average Bonchev–Trinajstić information content (AvgIpc) is 1.47. The Balaban J connectivity index is 1.37. The van der Waals surface area contributed by atoms with Crippen molar-refractivity contribution in [3.8, 4) is 44.5 Å². The van der Waals surface area contributed by atoms with Crippen molar-refractivity contribution in [1.82, 2.24) is 0 Å². The van der Waals surface area contributed by atoms with Crippen molar-refractivity contribution in [2.45, 2.75) is 19.1 Å². The first-order valence-corrected chi connectivity index (χ1v) is 16.6. The Kier molecular flexibility index (Phi) is 2.77. The molecule has 0 atom stereocenters. The van der Waals surface area contributed by atoms with Crippen molar-refractivity contribution in [1.29, 1.82) is 0 Å². The summed E-state index contributed by atoms with van der Waals surface area (Å²) in [4.78, 5) is 0.237. The van der Waals surface area contributed by atoms with Gasteiger partial charge in [-0.25, -0.2) is 0 Å². The summed E-state index contributed by atoms with van der Waals surface area (Å²) in [7, 11) is 0. The van der Waals surface area contributed by atoms with Crippen molar-refractivity contribution >= 4 is 49.8 Å². The number of anilines is 3. The lowest BCUT2D eigenvalue weighted by Gasteiger charge is -2.26. The number of nitrogens with zero attached hydrogens (tertiary/aromatic N) is 1. The second-order valence-electron chi connectivity index (χ2n) is 12.3. The molecule has 0 radical (unpaired) electrons. The number of rotatable bonds is 6. The van der Waals surface area contributed by atoms with Gasteiger partial charge in [-0.05, 0) is 115 Å². The second kappa shape index (κ2) is 13.0. The van der Waals surface area contributed by atoms with Gasteiger partial charge in [0.1, 0.15) is 11.2 Å². The van der Waals surface area contributed by atoms with E-state index in [0.717, 1.165) is 0 Å². The molecule has 2 nitrogen and oxygen atoms in total. The maximum atomic E-state index is 10.2. The van der Waals surface area contributed by atoms with Crippen LogP contribution in [0.2, 0.25) is 0 Å². The van der Waals surface area contributed by atoms with Gasteiger partial charge in [-0.15, -0.1) is 0 Å². The van der Waals surface area contributed by atoms with Crippen molar-refractivity contribution in [3.05, 3.63) is 211 Å². The van der Waals surface area contributed by atoms with Gasteiger partial charge in [-0.2, -0.15) is 0 Å². The lowest BCUT2D eigenvalue weighted by molar-refractivity contribution is 0.660. The number of benzene rings is 9. The van der Waals surface area contributed by atoms with Crippen LogP contribution in [0.4, 0.5) is 17.1 Å². The summed E-state index contributed by atoms with van der Waals surface area (Å²) in [6.45, 7) is -7.97. The highest BCUT2D eigenvalue weighted by molar-refractivity contribution is 6.19. The van der Waals surface area contributed by atoms with Gasteiger partial charge < -0.3 is 9.32 Å². The van der Waals surface area contributed by atoms with Crippen molar-refractivity contribution in [2.24, 2.45) is 0 Å². The molecule has 0 fully saturated rings. The minimum Gasteiger partial charge on any atom is -0.455 e. The molecule has 9 aromatic carbocycles. The van der Waals surface area contributed by atoms with Crippen molar-refractivity contribution in [2.75, 3.05) is 4.90 Å². The summed E-state index contributed by atoms with van der Waals surface area (Å²) in [5.41, 5.74) is -19.6. The SMILES string of the molecule is [2H]c1c([2H])c([2H])c(-c2c([2H])c([2H])c(N(c3c([2H])c([2H])c(-c4c([2H])c([2H])c([2H])c([2H])c4[2H])c([2H])c3[2H])c3c([2H])c([2H])c4oc5c6c([2H])c([2H])c([2H])c([2H])c6c(-c6c([2H])c([2H])c7c(c6[2H])C(C([2H])([2H])[2H])(C([2H])([2H])[2H])c6c([2H])c([2H])c([2H])c([2H])c6-7)c([2H])c5c4c3[2H])c([2H])c2[2H])c([2H])c1[2H]. The number of fused-ring (bicyclic) bond motifs is 8. The fraction of sp³-hybridized carbons (Fsp3) is 0.0545. The molecule has 2 heteroatoms. The van der Waals surface area contributed by atoms with Gasteiger partial charge in [0.05, 0.1) is 45.2 Å². The lowest BCUT2D eigenvalue weighted by Crippen LogP contribution is -2.14. The maximum Gasteiger partial charge on any atom is 0.143 e. The summed E-state index contributed by atoms with van der Waals surface area (Å²) in [5, 5.41) is -3.62. The highest BCUT2D eigenvalue weighted by atomic mass is 16.3. The molecule has 270 valence electrons. The van der Waals surface area contributed by atoms with Gasteiger partial charge >= 0.3 is 0 Å². The molecule has 0 saturated heterocycles. The maximum absolute atomic E-state index is 10.2. The van der Waals surface area contributed by atoms with E-state index in [1.54, 1.807) is 0 Å². The van der Waals surface area contributed by atoms with E-state index >= 15 is 0 Å². The van der Waals surface area contributed by atoms with Crippen LogP contribution in [-0.4, -0.2) is 0 Å². The normalized spacial score (nSPS) is 23.0.